The van der Waals surface area contributed by atoms with E-state index in [2.05, 4.69) is 23.7 Å². The molecule has 0 spiro atoms. The molecule has 0 saturated carbocycles. The number of hydrogen-bond acceptors (Lipinski definition) is 8. The van der Waals surface area contributed by atoms with Gasteiger partial charge in [-0.25, -0.2) is 9.59 Å². The molecule has 52 heavy (non-hydrogen) atoms. The first kappa shape index (κ1) is 35.5. The number of benzene rings is 2. The number of piperidine rings is 2. The van der Waals surface area contributed by atoms with E-state index in [4.69, 9.17) is 0 Å². The Morgan fingerprint density at radius 3 is 1.40 bits per heavy atom. The number of likely N-dealkylation sites (tertiary alicyclic amines) is 2. The van der Waals surface area contributed by atoms with Crippen molar-refractivity contribution in [2.24, 2.45) is 0 Å². The van der Waals surface area contributed by atoms with E-state index < -0.39 is 59.7 Å². The number of carboxylic acid groups (broad SMARTS) is 2. The smallest absolute Gasteiger partial charge is 0.421 e. The molecule has 2 aromatic rings. The number of carbonyl (C=O) groups is 8. The van der Waals surface area contributed by atoms with Crippen molar-refractivity contribution in [3.63, 3.8) is 0 Å². The summed E-state index contributed by atoms with van der Waals surface area (Å²) in [5.74, 6) is 8.39. The molecule has 2 saturated heterocycles. The summed E-state index contributed by atoms with van der Waals surface area (Å²) in [6.07, 6.45) is 1.34. The summed E-state index contributed by atoms with van der Waals surface area (Å²) in [6.45, 7) is 0.207. The van der Waals surface area contributed by atoms with Gasteiger partial charge >= 0.3 is 12.2 Å². The second-order valence-electron chi connectivity index (χ2n) is 12.9. The predicted molar refractivity (Wildman–Crippen MR) is 180 cm³/mol. The van der Waals surface area contributed by atoms with Gasteiger partial charge in [-0.15, -0.1) is 0 Å². The average Bonchev–Trinajstić information content (AvgIpc) is 3.62. The lowest BCUT2D eigenvalue weighted by Crippen LogP contribution is -2.56. The maximum atomic E-state index is 13.2. The zero-order valence-electron chi connectivity index (χ0n) is 28.1. The van der Waals surface area contributed by atoms with E-state index in [1.165, 1.54) is 9.80 Å². The molecule has 2 unspecified atom stereocenters. The molecular weight excluding hydrogens is 672 g/mol. The largest absolute Gasteiger partial charge is 0.464 e. The van der Waals surface area contributed by atoms with Crippen LogP contribution in [0.4, 0.5) is 9.59 Å². The molecular formula is C38H34N4O10. The minimum Gasteiger partial charge on any atom is -0.464 e. The number of nitrogens with zero attached hydrogens (tertiary/aromatic N) is 4. The van der Waals surface area contributed by atoms with E-state index in [-0.39, 0.29) is 48.6 Å². The zero-order chi connectivity index (χ0) is 37.1. The van der Waals surface area contributed by atoms with Gasteiger partial charge < -0.3 is 20.0 Å². The maximum Gasteiger partial charge on any atom is 0.421 e. The normalized spacial score (nSPS) is 19.6. The predicted octanol–water partition coefficient (Wildman–Crippen LogP) is 3.73. The summed E-state index contributed by atoms with van der Waals surface area (Å²) in [7, 11) is 0. The summed E-state index contributed by atoms with van der Waals surface area (Å²) < 4.78 is 0. The van der Waals surface area contributed by atoms with Gasteiger partial charge in [0.05, 0.1) is 0 Å². The van der Waals surface area contributed by atoms with Gasteiger partial charge in [0.15, 0.2) is 0 Å². The van der Waals surface area contributed by atoms with Crippen molar-refractivity contribution in [3.05, 3.63) is 69.8 Å². The van der Waals surface area contributed by atoms with Crippen LogP contribution in [0, 0.1) is 23.7 Å². The molecule has 0 bridgehead atoms. The van der Waals surface area contributed by atoms with Crippen molar-refractivity contribution >= 4 is 47.6 Å². The molecule has 0 aromatic heterocycles. The van der Waals surface area contributed by atoms with Gasteiger partial charge in [-0.1, -0.05) is 48.7 Å². The molecule has 4 heterocycles. The third-order valence-corrected chi connectivity index (χ3v) is 9.70. The number of amides is 8. The first-order valence-corrected chi connectivity index (χ1v) is 17.0. The van der Waals surface area contributed by atoms with Gasteiger partial charge in [0.25, 0.3) is 23.6 Å². The lowest BCUT2D eigenvalue weighted by molar-refractivity contribution is -0.150. The fourth-order valence-corrected chi connectivity index (χ4v) is 7.06. The minimum absolute atomic E-state index is 0.0623. The maximum absolute atomic E-state index is 13.2. The topological polar surface area (TPSA) is 190 Å². The Morgan fingerprint density at radius 2 is 1.02 bits per heavy atom. The number of carbonyl (C=O) groups excluding carboxylic acids is 6. The van der Waals surface area contributed by atoms with Crippen LogP contribution in [0.2, 0.25) is 0 Å². The van der Waals surface area contributed by atoms with Crippen LogP contribution < -0.4 is 0 Å². The third-order valence-electron chi connectivity index (χ3n) is 9.70. The van der Waals surface area contributed by atoms with Crippen molar-refractivity contribution in [3.8, 4) is 23.7 Å². The molecule has 4 aliphatic heterocycles. The van der Waals surface area contributed by atoms with Crippen LogP contribution >= 0.6 is 0 Å². The summed E-state index contributed by atoms with van der Waals surface area (Å²) >= 11 is 0. The van der Waals surface area contributed by atoms with Gasteiger partial charge in [0, 0.05) is 61.0 Å². The van der Waals surface area contributed by atoms with Crippen LogP contribution in [0.5, 0.6) is 0 Å². The number of fused-ring (bicyclic) bond motifs is 2. The minimum atomic E-state index is -1.65. The standard InChI is InChI=1S/C38H34N4O10/c43-31-19-17-29(35(47)41(31)37(49)50)39-21-27-23(13-9-15-25(27)33(39)45)11-7-5-3-1-2-4-6-8-12-24-14-10-16-26-28(24)22-40(34(26)46)30-18-20-32(44)42(36(30)48)38(51)52/h9-10,13-16,29-30H,1-6,17-22H2,(H,49,50)(H,51,52). The molecule has 2 N–H and O–H groups in total. The molecule has 0 aliphatic carbocycles. The first-order valence-electron chi connectivity index (χ1n) is 17.0. The number of rotatable bonds is 7. The van der Waals surface area contributed by atoms with E-state index in [9.17, 15) is 48.6 Å². The van der Waals surface area contributed by atoms with E-state index >= 15 is 0 Å². The quantitative estimate of drug-likeness (QED) is 0.244. The Bertz CT molecular complexity index is 1900. The average molecular weight is 707 g/mol. The number of unbranched alkanes of at least 4 members (excludes halogenated alkanes) is 5. The summed E-state index contributed by atoms with van der Waals surface area (Å²) in [6, 6.07) is 8.26. The molecule has 0 radical (unpaired) electrons. The number of imide groups is 6. The molecule has 8 amide bonds. The van der Waals surface area contributed by atoms with Crippen LogP contribution in [0.1, 0.15) is 107 Å². The third kappa shape index (κ3) is 6.75. The van der Waals surface area contributed by atoms with Gasteiger partial charge in [-0.3, -0.25) is 28.8 Å². The highest BCUT2D eigenvalue weighted by Crippen LogP contribution is 2.32. The molecule has 6 rings (SSSR count). The van der Waals surface area contributed by atoms with Crippen molar-refractivity contribution in [1.82, 2.24) is 19.6 Å². The second kappa shape index (κ2) is 14.9. The van der Waals surface area contributed by atoms with Crippen LogP contribution in [-0.4, -0.2) is 89.5 Å². The van der Waals surface area contributed by atoms with Gasteiger partial charge in [-0.05, 0) is 61.1 Å². The first-order chi connectivity index (χ1) is 25.0. The Hall–Kier alpha value is -6.28. The molecule has 14 heteroatoms. The molecule has 266 valence electrons. The van der Waals surface area contributed by atoms with Crippen LogP contribution in [0.15, 0.2) is 36.4 Å². The van der Waals surface area contributed by atoms with Gasteiger partial charge in [0.1, 0.15) is 12.1 Å². The summed E-state index contributed by atoms with van der Waals surface area (Å²) in [5.41, 5.74) is 3.50. The van der Waals surface area contributed by atoms with Crippen molar-refractivity contribution in [1.29, 1.82) is 0 Å². The lowest BCUT2D eigenvalue weighted by Gasteiger charge is -2.33. The van der Waals surface area contributed by atoms with Crippen LogP contribution in [0.3, 0.4) is 0 Å². The fourth-order valence-electron chi connectivity index (χ4n) is 7.06. The lowest BCUT2D eigenvalue weighted by atomic mass is 10.0. The SMILES string of the molecule is O=C(O)N1C(=O)CCC(N2Cc3c(C#CCCCCCCC#Cc4cccc5c4CN(C4CCC(=O)N(C(=O)O)C4=O)C5=O)cccc3C2=O)C1=O. The molecule has 2 aromatic carbocycles. The zero-order valence-corrected chi connectivity index (χ0v) is 28.1. The summed E-state index contributed by atoms with van der Waals surface area (Å²) in [4.78, 5) is 102. The van der Waals surface area contributed by atoms with Gasteiger partial charge in [-0.2, -0.15) is 9.80 Å². The van der Waals surface area contributed by atoms with Gasteiger partial charge in [0.2, 0.25) is 11.8 Å². The highest BCUT2D eigenvalue weighted by Gasteiger charge is 2.46. The van der Waals surface area contributed by atoms with E-state index in [0.29, 0.717) is 46.2 Å². The van der Waals surface area contributed by atoms with Crippen molar-refractivity contribution in [2.45, 2.75) is 89.4 Å². The van der Waals surface area contributed by atoms with E-state index in [1.807, 2.05) is 0 Å². The Labute approximate surface area is 298 Å². The van der Waals surface area contributed by atoms with Crippen LogP contribution in [-0.2, 0) is 32.3 Å². The molecule has 2 fully saturated rings. The van der Waals surface area contributed by atoms with Crippen LogP contribution in [0.25, 0.3) is 0 Å². The Morgan fingerprint density at radius 1 is 0.615 bits per heavy atom. The molecule has 4 aliphatic rings. The van der Waals surface area contributed by atoms with E-state index in [0.717, 1.165) is 25.7 Å². The highest BCUT2D eigenvalue weighted by molar-refractivity contribution is 6.14. The number of hydrogen-bond donors (Lipinski definition) is 2. The monoisotopic (exact) mass is 706 g/mol. The second-order valence-corrected chi connectivity index (χ2v) is 12.9. The highest BCUT2D eigenvalue weighted by atomic mass is 16.4. The summed E-state index contributed by atoms with van der Waals surface area (Å²) in [5, 5.41) is 18.6. The fraction of sp³-hybridized carbons (Fsp3) is 0.368. The van der Waals surface area contributed by atoms with Crippen molar-refractivity contribution < 1.29 is 48.6 Å². The molecule has 2 atom stereocenters. The molecule has 14 nitrogen and oxygen atoms in total. The van der Waals surface area contributed by atoms with E-state index in [1.54, 1.807) is 36.4 Å². The Kier molecular flexibility index (Phi) is 10.2. The van der Waals surface area contributed by atoms with Crippen molar-refractivity contribution in [2.75, 3.05) is 0 Å². The Balaban J connectivity index is 0.969.